The fraction of sp³-hybridized carbons (Fsp3) is 0.524. The first-order valence-electron chi connectivity index (χ1n) is 10.6. The summed E-state index contributed by atoms with van der Waals surface area (Å²) < 4.78 is 45.6. The first-order chi connectivity index (χ1) is 15.2. The monoisotopic (exact) mass is 452 g/mol. The largest absolute Gasteiger partial charge is 0.490 e. The number of aromatic amines is 1. The van der Waals surface area contributed by atoms with Gasteiger partial charge in [0.1, 0.15) is 11.3 Å². The zero-order valence-electron chi connectivity index (χ0n) is 17.9. The third-order valence-electron chi connectivity index (χ3n) is 5.73. The van der Waals surface area contributed by atoms with E-state index in [2.05, 4.69) is 25.8 Å². The molecule has 1 unspecified atom stereocenters. The van der Waals surface area contributed by atoms with E-state index in [1.54, 1.807) is 6.33 Å². The highest BCUT2D eigenvalue weighted by Gasteiger charge is 2.38. The van der Waals surface area contributed by atoms with E-state index in [0.717, 1.165) is 22.4 Å². The number of nitrogens with one attached hydrogen (secondary N) is 3. The number of halogens is 3. The maximum absolute atomic E-state index is 12.5. The fourth-order valence-corrected chi connectivity index (χ4v) is 3.96. The highest BCUT2D eigenvalue weighted by atomic mass is 19.4. The van der Waals surface area contributed by atoms with Gasteiger partial charge in [-0.3, -0.25) is 5.10 Å². The third-order valence-corrected chi connectivity index (χ3v) is 5.73. The molecule has 1 aromatic carbocycles. The van der Waals surface area contributed by atoms with E-state index in [1.807, 2.05) is 36.7 Å². The molecule has 174 valence electrons. The fourth-order valence-electron chi connectivity index (χ4n) is 3.96. The summed E-state index contributed by atoms with van der Waals surface area (Å²) >= 11 is 0. The molecule has 4 rings (SSSR count). The van der Waals surface area contributed by atoms with Crippen molar-refractivity contribution in [2.24, 2.45) is 7.05 Å². The number of nitrogens with zero attached hydrogens (tertiary/aromatic N) is 3. The number of hydrogen-bond acceptors (Lipinski definition) is 6. The lowest BCUT2D eigenvalue weighted by atomic mass is 9.93. The number of aryl methyl sites for hydroxylation is 2. The van der Waals surface area contributed by atoms with Crippen LogP contribution in [0.5, 0.6) is 5.75 Å². The predicted octanol–water partition coefficient (Wildman–Crippen LogP) is 3.55. The summed E-state index contributed by atoms with van der Waals surface area (Å²) in [4.78, 5) is 4.47. The summed E-state index contributed by atoms with van der Waals surface area (Å²) in [5.74, 6) is 1.37. The Morgan fingerprint density at radius 2 is 2.00 bits per heavy atom. The smallest absolute Gasteiger partial charge is 0.415 e. The van der Waals surface area contributed by atoms with Crippen molar-refractivity contribution in [3.05, 3.63) is 30.2 Å². The molecule has 0 saturated heterocycles. The zero-order chi connectivity index (χ0) is 22.9. The van der Waals surface area contributed by atoms with Gasteiger partial charge in [0.25, 0.3) is 0 Å². The van der Waals surface area contributed by atoms with Crippen LogP contribution in [0.15, 0.2) is 24.5 Å². The molecule has 0 aliphatic heterocycles. The molecule has 0 radical (unpaired) electrons. The first-order valence-corrected chi connectivity index (χ1v) is 10.6. The number of ether oxygens (including phenoxy) is 1. The Labute approximate surface area is 183 Å². The van der Waals surface area contributed by atoms with E-state index in [-0.39, 0.29) is 12.1 Å². The SMILES string of the molecule is Cc1cc(Nc2cc(O[C@H]3CC[C@@H](NCC(O)C(F)(F)F)CC3)cc3c2ncn3C)n[nH]1. The molecule has 2 aromatic heterocycles. The number of H-pyrrole nitrogens is 1. The third kappa shape index (κ3) is 5.16. The summed E-state index contributed by atoms with van der Waals surface area (Å²) in [5, 5.41) is 22.4. The van der Waals surface area contributed by atoms with Crippen molar-refractivity contribution >= 4 is 22.5 Å². The molecule has 11 heteroatoms. The number of imidazole rings is 1. The molecule has 1 saturated carbocycles. The van der Waals surface area contributed by atoms with Crippen LogP contribution in [0.1, 0.15) is 31.4 Å². The number of aliphatic hydroxyl groups is 1. The first kappa shape index (κ1) is 22.4. The normalized spacial score (nSPS) is 20.4. The quantitative estimate of drug-likeness (QED) is 0.438. The number of hydrogen-bond donors (Lipinski definition) is 4. The minimum Gasteiger partial charge on any atom is -0.490 e. The van der Waals surface area contributed by atoms with Gasteiger partial charge in [-0.2, -0.15) is 18.3 Å². The van der Waals surface area contributed by atoms with Gasteiger partial charge in [-0.05, 0) is 32.6 Å². The van der Waals surface area contributed by atoms with Crippen molar-refractivity contribution in [2.45, 2.75) is 57.0 Å². The van der Waals surface area contributed by atoms with Crippen LogP contribution in [0.25, 0.3) is 11.0 Å². The molecule has 2 heterocycles. The second kappa shape index (κ2) is 8.99. The zero-order valence-corrected chi connectivity index (χ0v) is 17.9. The van der Waals surface area contributed by atoms with Crippen molar-refractivity contribution in [3.63, 3.8) is 0 Å². The number of anilines is 2. The molecule has 1 aliphatic rings. The summed E-state index contributed by atoms with van der Waals surface area (Å²) in [6, 6.07) is 5.66. The van der Waals surface area contributed by atoms with E-state index in [9.17, 15) is 13.2 Å². The molecule has 0 spiro atoms. The minimum absolute atomic E-state index is 0.0354. The lowest BCUT2D eigenvalue weighted by molar-refractivity contribution is -0.202. The Hall–Kier alpha value is -2.79. The van der Waals surface area contributed by atoms with Gasteiger partial charge in [-0.25, -0.2) is 4.98 Å². The Morgan fingerprint density at radius 3 is 2.66 bits per heavy atom. The van der Waals surface area contributed by atoms with Crippen molar-refractivity contribution < 1.29 is 23.0 Å². The van der Waals surface area contributed by atoms with Crippen LogP contribution in [0.4, 0.5) is 24.7 Å². The van der Waals surface area contributed by atoms with E-state index >= 15 is 0 Å². The highest BCUT2D eigenvalue weighted by molar-refractivity contribution is 5.91. The van der Waals surface area contributed by atoms with E-state index in [1.165, 1.54) is 0 Å². The Balaban J connectivity index is 1.40. The maximum atomic E-state index is 12.5. The van der Waals surface area contributed by atoms with Crippen LogP contribution in [0, 0.1) is 6.92 Å². The van der Waals surface area contributed by atoms with Crippen LogP contribution < -0.4 is 15.4 Å². The summed E-state index contributed by atoms with van der Waals surface area (Å²) in [6.07, 6.45) is -2.45. The predicted molar refractivity (Wildman–Crippen MR) is 114 cm³/mol. The average Bonchev–Trinajstić information content (AvgIpc) is 3.32. The topological polar surface area (TPSA) is 100 Å². The lowest BCUT2D eigenvalue weighted by Crippen LogP contribution is -2.44. The molecule has 3 aromatic rings. The van der Waals surface area contributed by atoms with Crippen molar-refractivity contribution in [1.82, 2.24) is 25.1 Å². The van der Waals surface area contributed by atoms with E-state index < -0.39 is 18.8 Å². The Morgan fingerprint density at radius 1 is 1.25 bits per heavy atom. The minimum atomic E-state index is -4.60. The lowest BCUT2D eigenvalue weighted by Gasteiger charge is -2.30. The Kier molecular flexibility index (Phi) is 6.29. The van der Waals surface area contributed by atoms with Gasteiger partial charge in [0.2, 0.25) is 0 Å². The van der Waals surface area contributed by atoms with Crippen LogP contribution in [0.2, 0.25) is 0 Å². The van der Waals surface area contributed by atoms with Crippen molar-refractivity contribution in [3.8, 4) is 5.75 Å². The van der Waals surface area contributed by atoms with Crippen molar-refractivity contribution in [1.29, 1.82) is 0 Å². The second-order valence-electron chi connectivity index (χ2n) is 8.31. The van der Waals surface area contributed by atoms with E-state index in [4.69, 9.17) is 9.84 Å². The number of alkyl halides is 3. The van der Waals surface area contributed by atoms with Gasteiger partial charge in [-0.15, -0.1) is 0 Å². The highest BCUT2D eigenvalue weighted by Crippen LogP contribution is 2.32. The molecule has 1 atom stereocenters. The molecule has 4 N–H and O–H groups in total. The number of aromatic nitrogens is 4. The Bertz CT molecular complexity index is 1060. The van der Waals surface area contributed by atoms with Gasteiger partial charge in [0.05, 0.1) is 23.6 Å². The van der Waals surface area contributed by atoms with Gasteiger partial charge in [-0.1, -0.05) is 0 Å². The van der Waals surface area contributed by atoms with Crippen LogP contribution in [-0.4, -0.2) is 55.8 Å². The van der Waals surface area contributed by atoms with Crippen LogP contribution in [-0.2, 0) is 7.05 Å². The molecular weight excluding hydrogens is 425 g/mol. The molecular formula is C21H27F3N6O2. The number of benzene rings is 1. The van der Waals surface area contributed by atoms with Crippen LogP contribution in [0.3, 0.4) is 0 Å². The van der Waals surface area contributed by atoms with Gasteiger partial charge >= 0.3 is 6.18 Å². The number of aliphatic hydroxyl groups excluding tert-OH is 1. The second-order valence-corrected chi connectivity index (χ2v) is 8.31. The molecule has 1 aliphatic carbocycles. The van der Waals surface area contributed by atoms with Crippen molar-refractivity contribution in [2.75, 3.05) is 11.9 Å². The summed E-state index contributed by atoms with van der Waals surface area (Å²) in [7, 11) is 1.91. The standard InChI is InChI=1S/C21H27F3N6O2/c1-12-7-19(29-28-12)27-16-8-15(9-17-20(16)26-11-30(17)2)32-14-5-3-13(4-6-14)25-10-18(31)21(22,23)24/h7-9,11,13-14,18,25,31H,3-6,10H2,1-2H3,(H2,27,28,29)/t13-,14+,18?. The molecule has 8 nitrogen and oxygen atoms in total. The summed E-state index contributed by atoms with van der Waals surface area (Å²) in [5.41, 5.74) is 3.43. The van der Waals surface area contributed by atoms with Crippen LogP contribution >= 0.6 is 0 Å². The molecule has 1 fully saturated rings. The van der Waals surface area contributed by atoms with Gasteiger partial charge < -0.3 is 25.0 Å². The van der Waals surface area contributed by atoms with Gasteiger partial charge in [0, 0.05) is 43.5 Å². The molecule has 0 amide bonds. The molecule has 0 bridgehead atoms. The number of rotatable bonds is 7. The number of fused-ring (bicyclic) bond motifs is 1. The van der Waals surface area contributed by atoms with Gasteiger partial charge in [0.15, 0.2) is 11.9 Å². The summed E-state index contributed by atoms with van der Waals surface area (Å²) in [6.45, 7) is 1.43. The van der Waals surface area contributed by atoms with E-state index in [0.29, 0.717) is 37.3 Å². The average molecular weight is 452 g/mol. The maximum Gasteiger partial charge on any atom is 0.415 e. The molecule has 32 heavy (non-hydrogen) atoms.